The van der Waals surface area contributed by atoms with E-state index in [0.717, 1.165) is 12.7 Å². The molecule has 0 unspecified atom stereocenters. The van der Waals surface area contributed by atoms with Crippen molar-refractivity contribution in [2.45, 2.75) is 58.3 Å². The third kappa shape index (κ3) is 11.3. The molecule has 0 aliphatic rings. The van der Waals surface area contributed by atoms with E-state index in [0.29, 0.717) is 0 Å². The van der Waals surface area contributed by atoms with Gasteiger partial charge in [0.15, 0.2) is 0 Å². The minimum Gasteiger partial charge on any atom is -0.299 e. The van der Waals surface area contributed by atoms with Gasteiger partial charge in [-0.25, -0.2) is 0 Å². The standard InChI is InChI=1S/C13H23O/c1-2-3-4-5-6-7-8-9-10-11-12-13-14/h10-13H,2-9H2,1H3. The van der Waals surface area contributed by atoms with Crippen LogP contribution in [0.3, 0.4) is 0 Å². The van der Waals surface area contributed by atoms with Gasteiger partial charge < -0.3 is 0 Å². The van der Waals surface area contributed by atoms with Crippen molar-refractivity contribution in [1.29, 1.82) is 0 Å². The molecule has 0 aromatic carbocycles. The van der Waals surface area contributed by atoms with E-state index < -0.39 is 0 Å². The van der Waals surface area contributed by atoms with Crippen molar-refractivity contribution in [3.8, 4) is 0 Å². The summed E-state index contributed by atoms with van der Waals surface area (Å²) in [6.45, 7) is 2.24. The summed E-state index contributed by atoms with van der Waals surface area (Å²) in [6, 6.07) is 0. The second kappa shape index (κ2) is 12.3. The summed E-state index contributed by atoms with van der Waals surface area (Å²) in [5.74, 6) is 0. The molecule has 0 aromatic rings. The maximum atomic E-state index is 9.93. The molecule has 1 heteroatoms. The quantitative estimate of drug-likeness (QED) is 0.290. The molecule has 1 radical (unpaired) electrons. The van der Waals surface area contributed by atoms with Crippen LogP contribution in [0.25, 0.3) is 0 Å². The minimum atomic E-state index is 0.821. The molecule has 14 heavy (non-hydrogen) atoms. The number of allylic oxidation sites excluding steroid dienone is 3. The van der Waals surface area contributed by atoms with Crippen LogP contribution in [0.15, 0.2) is 24.5 Å². The number of rotatable bonds is 9. The Morgan fingerprint density at radius 3 is 2.14 bits per heavy atom. The van der Waals surface area contributed by atoms with Gasteiger partial charge in [-0.2, -0.15) is 0 Å². The van der Waals surface area contributed by atoms with E-state index in [4.69, 9.17) is 0 Å². The molecular formula is C13H23O. The average Bonchev–Trinajstić information content (AvgIpc) is 2.21. The second-order valence-electron chi connectivity index (χ2n) is 3.67. The molecule has 0 spiro atoms. The lowest BCUT2D eigenvalue weighted by Gasteiger charge is -1.98. The zero-order valence-electron chi connectivity index (χ0n) is 9.37. The van der Waals surface area contributed by atoms with Crippen LogP contribution < -0.4 is 0 Å². The Morgan fingerprint density at radius 1 is 0.857 bits per heavy atom. The lowest BCUT2D eigenvalue weighted by atomic mass is 10.1. The SMILES string of the molecule is CCCCCCCCCC=CC=C[O]. The Balaban J connectivity index is 2.98. The normalized spacial score (nSPS) is 11.8. The lowest BCUT2D eigenvalue weighted by molar-refractivity contribution is 0.352. The van der Waals surface area contributed by atoms with Crippen LogP contribution in [-0.4, -0.2) is 0 Å². The molecule has 0 saturated carbocycles. The van der Waals surface area contributed by atoms with Crippen LogP contribution in [0.1, 0.15) is 58.3 Å². The molecule has 0 aliphatic carbocycles. The minimum absolute atomic E-state index is 0.821. The monoisotopic (exact) mass is 195 g/mol. The summed E-state index contributed by atoms with van der Waals surface area (Å²) < 4.78 is 0. The smallest absolute Gasteiger partial charge is 0.142 e. The van der Waals surface area contributed by atoms with Crippen molar-refractivity contribution in [2.24, 2.45) is 0 Å². The summed E-state index contributed by atoms with van der Waals surface area (Å²) in [4.78, 5) is 0. The number of unbranched alkanes of at least 4 members (excludes halogenated alkanes) is 7. The maximum Gasteiger partial charge on any atom is 0.142 e. The highest BCUT2D eigenvalue weighted by atomic mass is 16.2. The van der Waals surface area contributed by atoms with E-state index >= 15 is 0 Å². The van der Waals surface area contributed by atoms with Gasteiger partial charge in [-0.1, -0.05) is 57.6 Å². The Labute approximate surface area is 88.5 Å². The van der Waals surface area contributed by atoms with E-state index in [2.05, 4.69) is 13.0 Å². The van der Waals surface area contributed by atoms with Gasteiger partial charge in [0.05, 0.1) is 0 Å². The summed E-state index contributed by atoms with van der Waals surface area (Å²) in [7, 11) is 0. The fraction of sp³-hybridized carbons (Fsp3) is 0.692. The molecule has 0 heterocycles. The van der Waals surface area contributed by atoms with Gasteiger partial charge in [0, 0.05) is 0 Å². The number of hydrogen-bond donors (Lipinski definition) is 0. The van der Waals surface area contributed by atoms with Crippen molar-refractivity contribution in [3.63, 3.8) is 0 Å². The van der Waals surface area contributed by atoms with Crippen molar-refractivity contribution >= 4 is 0 Å². The van der Waals surface area contributed by atoms with Gasteiger partial charge in [0.2, 0.25) is 0 Å². The molecular weight excluding hydrogens is 172 g/mol. The van der Waals surface area contributed by atoms with Crippen LogP contribution >= 0.6 is 0 Å². The van der Waals surface area contributed by atoms with Crippen molar-refractivity contribution in [3.05, 3.63) is 24.5 Å². The van der Waals surface area contributed by atoms with Crippen LogP contribution in [0.5, 0.6) is 0 Å². The van der Waals surface area contributed by atoms with E-state index in [1.165, 1.54) is 44.9 Å². The fourth-order valence-electron chi connectivity index (χ4n) is 1.44. The van der Waals surface area contributed by atoms with Gasteiger partial charge >= 0.3 is 0 Å². The predicted molar refractivity (Wildman–Crippen MR) is 61.6 cm³/mol. The highest BCUT2D eigenvalue weighted by molar-refractivity contribution is 4.98. The van der Waals surface area contributed by atoms with Crippen molar-refractivity contribution in [2.75, 3.05) is 0 Å². The zero-order valence-corrected chi connectivity index (χ0v) is 9.37. The molecule has 0 atom stereocenters. The van der Waals surface area contributed by atoms with Gasteiger partial charge in [-0.3, -0.25) is 5.11 Å². The molecule has 0 aromatic heterocycles. The molecule has 0 rings (SSSR count). The summed E-state index contributed by atoms with van der Waals surface area (Å²) in [5.41, 5.74) is 0. The van der Waals surface area contributed by atoms with Gasteiger partial charge in [-0.05, 0) is 18.9 Å². The van der Waals surface area contributed by atoms with E-state index in [1.54, 1.807) is 6.08 Å². The average molecular weight is 195 g/mol. The molecule has 0 aliphatic heterocycles. The van der Waals surface area contributed by atoms with E-state index in [-0.39, 0.29) is 0 Å². The Hall–Kier alpha value is -0.720. The molecule has 0 saturated heterocycles. The first-order chi connectivity index (χ1) is 6.91. The first-order valence-electron chi connectivity index (χ1n) is 5.85. The summed E-state index contributed by atoms with van der Waals surface area (Å²) >= 11 is 0. The molecule has 0 fully saturated rings. The molecule has 0 amide bonds. The summed E-state index contributed by atoms with van der Waals surface area (Å²) in [5, 5.41) is 9.93. The zero-order chi connectivity index (χ0) is 10.5. The highest BCUT2D eigenvalue weighted by Gasteiger charge is 1.88. The molecule has 0 bridgehead atoms. The predicted octanol–water partition coefficient (Wildman–Crippen LogP) is 4.63. The third-order valence-corrected chi connectivity index (χ3v) is 2.30. The van der Waals surface area contributed by atoms with Crippen LogP contribution in [0.4, 0.5) is 0 Å². The first-order valence-corrected chi connectivity index (χ1v) is 5.85. The highest BCUT2D eigenvalue weighted by Crippen LogP contribution is 2.08. The molecule has 81 valence electrons. The summed E-state index contributed by atoms with van der Waals surface area (Å²) in [6.07, 6.45) is 16.8. The van der Waals surface area contributed by atoms with Gasteiger partial charge in [0.1, 0.15) is 6.26 Å². The van der Waals surface area contributed by atoms with E-state index in [9.17, 15) is 5.11 Å². The maximum absolute atomic E-state index is 9.93. The van der Waals surface area contributed by atoms with E-state index in [1.807, 2.05) is 6.08 Å². The molecule has 0 N–H and O–H groups in total. The Morgan fingerprint density at radius 2 is 1.50 bits per heavy atom. The van der Waals surface area contributed by atoms with Crippen molar-refractivity contribution < 1.29 is 5.11 Å². The van der Waals surface area contributed by atoms with Crippen LogP contribution in [0, 0.1) is 0 Å². The Bertz CT molecular complexity index is 147. The lowest BCUT2D eigenvalue weighted by Crippen LogP contribution is -1.78. The fourth-order valence-corrected chi connectivity index (χ4v) is 1.44. The van der Waals surface area contributed by atoms with Gasteiger partial charge in [0.25, 0.3) is 0 Å². The second-order valence-corrected chi connectivity index (χ2v) is 3.67. The van der Waals surface area contributed by atoms with Gasteiger partial charge in [-0.15, -0.1) is 0 Å². The number of hydrogen-bond acceptors (Lipinski definition) is 0. The Kier molecular flexibility index (Phi) is 11.6. The topological polar surface area (TPSA) is 19.9 Å². The first kappa shape index (κ1) is 13.3. The molecule has 1 nitrogen and oxygen atoms in total. The van der Waals surface area contributed by atoms with Crippen LogP contribution in [-0.2, 0) is 5.11 Å². The third-order valence-electron chi connectivity index (χ3n) is 2.30. The largest absolute Gasteiger partial charge is 0.299 e. The van der Waals surface area contributed by atoms with Crippen molar-refractivity contribution in [1.82, 2.24) is 0 Å². The van der Waals surface area contributed by atoms with Crippen LogP contribution in [0.2, 0.25) is 0 Å².